The number of benzene rings is 2. The van der Waals surface area contributed by atoms with Crippen LogP contribution in [0, 0.1) is 0 Å². The Kier molecular flexibility index (Phi) is 6.15. The summed E-state index contributed by atoms with van der Waals surface area (Å²) < 4.78 is 113. The number of ether oxygens (including phenoxy) is 2. The molecule has 0 aliphatic rings. The van der Waals surface area contributed by atoms with Gasteiger partial charge in [-0.1, -0.05) is 24.3 Å². The summed E-state index contributed by atoms with van der Waals surface area (Å²) >= 11 is 0. The molecule has 2 aromatic rings. The van der Waals surface area contributed by atoms with E-state index in [1.165, 1.54) is 0 Å². The summed E-state index contributed by atoms with van der Waals surface area (Å²) in [5.41, 5.74) is -4.90. The van der Waals surface area contributed by atoms with Crippen LogP contribution in [-0.2, 0) is 25.7 Å². The molecule has 11 heteroatoms. The molecule has 0 radical (unpaired) electrons. The molecule has 0 N–H and O–H groups in total. The fraction of sp³-hybridized carbons (Fsp3) is 0.235. The molecule has 2 rings (SSSR count). The van der Waals surface area contributed by atoms with Crippen LogP contribution in [0.3, 0.4) is 0 Å². The van der Waals surface area contributed by atoms with E-state index in [0.29, 0.717) is 12.1 Å². The summed E-state index contributed by atoms with van der Waals surface area (Å²) in [5, 5.41) is 0. The lowest BCUT2D eigenvalue weighted by atomic mass is 10.1. The average Bonchev–Trinajstić information content (AvgIpc) is 2.59. The zero-order valence-electron chi connectivity index (χ0n) is 13.6. The van der Waals surface area contributed by atoms with Gasteiger partial charge in [-0.15, -0.1) is 0 Å². The maximum atomic E-state index is 13.1. The normalized spacial score (nSPS) is 12.0. The number of carbonyl (C=O) groups excluding carboxylic acids is 1. The maximum Gasteiger partial charge on any atom is 0.519 e. The lowest BCUT2D eigenvalue weighted by molar-refractivity contribution is -0.139. The summed E-state index contributed by atoms with van der Waals surface area (Å²) in [5.74, 6) is -2.30. The van der Waals surface area contributed by atoms with E-state index in [0.717, 1.165) is 24.3 Å². The predicted molar refractivity (Wildman–Crippen MR) is 79.2 cm³/mol. The first kappa shape index (κ1) is 21.5. The molecular weight excluding hydrogens is 404 g/mol. The predicted octanol–water partition coefficient (Wildman–Crippen LogP) is 6.24. The maximum absolute atomic E-state index is 13.1. The second-order valence-corrected chi connectivity index (χ2v) is 5.30. The first-order valence-electron chi connectivity index (χ1n) is 7.38. The van der Waals surface area contributed by atoms with E-state index in [9.17, 15) is 39.9 Å². The molecule has 0 saturated heterocycles. The summed E-state index contributed by atoms with van der Waals surface area (Å²) in [6, 6.07) is 4.86. The highest BCUT2D eigenvalue weighted by molar-refractivity contribution is 5.69. The van der Waals surface area contributed by atoms with Crippen LogP contribution in [0.1, 0.15) is 22.3 Å². The fourth-order valence-corrected chi connectivity index (χ4v) is 2.39. The van der Waals surface area contributed by atoms with Crippen LogP contribution in [0.15, 0.2) is 36.4 Å². The molecule has 0 spiro atoms. The van der Waals surface area contributed by atoms with Crippen molar-refractivity contribution in [3.05, 3.63) is 58.7 Å². The van der Waals surface area contributed by atoms with E-state index in [4.69, 9.17) is 0 Å². The van der Waals surface area contributed by atoms with E-state index in [-0.39, 0.29) is 0 Å². The number of hydrogen-bond donors (Lipinski definition) is 0. The van der Waals surface area contributed by atoms with Gasteiger partial charge < -0.3 is 9.47 Å². The van der Waals surface area contributed by atoms with Gasteiger partial charge in [0.25, 0.3) is 0 Å². The highest BCUT2D eigenvalue weighted by Crippen LogP contribution is 2.41. The number of carbonyl (C=O) groups is 1. The van der Waals surface area contributed by atoms with Crippen molar-refractivity contribution in [3.63, 3.8) is 0 Å². The summed E-state index contributed by atoms with van der Waals surface area (Å²) in [7, 11) is 0. The second-order valence-electron chi connectivity index (χ2n) is 5.30. The number of halogens is 8. The molecule has 2 aromatic carbocycles. The molecule has 0 unspecified atom stereocenters. The van der Waals surface area contributed by atoms with Gasteiger partial charge in [-0.25, -0.2) is 13.6 Å². The lowest BCUT2D eigenvalue weighted by Crippen LogP contribution is -2.20. The average molecular weight is 414 g/mol. The fourth-order valence-electron chi connectivity index (χ4n) is 2.39. The van der Waals surface area contributed by atoms with Crippen molar-refractivity contribution in [3.8, 4) is 11.5 Å². The largest absolute Gasteiger partial charge is 0.519 e. The third-order valence-electron chi connectivity index (χ3n) is 3.47. The summed E-state index contributed by atoms with van der Waals surface area (Å²) in [6.07, 6.45) is -12.2. The van der Waals surface area contributed by atoms with Crippen LogP contribution in [-0.4, -0.2) is 6.16 Å². The van der Waals surface area contributed by atoms with E-state index >= 15 is 0 Å². The standard InChI is InChI=1S/C17H10F8O3/c18-7-9-3-1-5-11(13(9)16(20,21)22)27-15(26)28-12-6-2-4-10(8-19)14(12)17(23,24)25/h1-6H,7-8H2. The van der Waals surface area contributed by atoms with Crippen LogP contribution in [0.5, 0.6) is 11.5 Å². The molecule has 28 heavy (non-hydrogen) atoms. The summed E-state index contributed by atoms with van der Waals surface area (Å²) in [6.45, 7) is -3.06. The molecule has 0 aliphatic carbocycles. The van der Waals surface area contributed by atoms with Crippen LogP contribution >= 0.6 is 0 Å². The monoisotopic (exact) mass is 414 g/mol. The first-order valence-corrected chi connectivity index (χ1v) is 7.38. The van der Waals surface area contributed by atoms with Gasteiger partial charge in [-0.3, -0.25) is 0 Å². The molecule has 0 atom stereocenters. The minimum atomic E-state index is -5.11. The quantitative estimate of drug-likeness (QED) is 0.338. The van der Waals surface area contributed by atoms with Crippen LogP contribution in [0.25, 0.3) is 0 Å². The molecule has 0 bridgehead atoms. The molecule has 0 aliphatic heterocycles. The van der Waals surface area contributed by atoms with Gasteiger partial charge in [0, 0.05) is 0 Å². The van der Waals surface area contributed by atoms with Gasteiger partial charge in [0.1, 0.15) is 36.0 Å². The van der Waals surface area contributed by atoms with Gasteiger partial charge in [0.2, 0.25) is 0 Å². The minimum Gasteiger partial charge on any atom is -0.394 e. The van der Waals surface area contributed by atoms with E-state index in [2.05, 4.69) is 9.47 Å². The van der Waals surface area contributed by atoms with Gasteiger partial charge in [-0.2, -0.15) is 26.3 Å². The molecular formula is C17H10F8O3. The Morgan fingerprint density at radius 1 is 0.714 bits per heavy atom. The van der Waals surface area contributed by atoms with Crippen LogP contribution in [0.4, 0.5) is 39.9 Å². The van der Waals surface area contributed by atoms with Crippen molar-refractivity contribution in [1.82, 2.24) is 0 Å². The third kappa shape index (κ3) is 4.70. The lowest BCUT2D eigenvalue weighted by Gasteiger charge is -2.17. The second kappa shape index (κ2) is 8.03. The highest BCUT2D eigenvalue weighted by Gasteiger charge is 2.39. The Labute approximate surface area is 152 Å². The Balaban J connectivity index is 2.37. The Bertz CT molecular complexity index is 789. The van der Waals surface area contributed by atoms with Crippen LogP contribution in [0.2, 0.25) is 0 Å². The summed E-state index contributed by atoms with van der Waals surface area (Å²) in [4.78, 5) is 11.8. The molecule has 0 saturated carbocycles. The van der Waals surface area contributed by atoms with Crippen molar-refractivity contribution in [1.29, 1.82) is 0 Å². The van der Waals surface area contributed by atoms with E-state index < -0.39 is 65.6 Å². The Hall–Kier alpha value is -2.85. The van der Waals surface area contributed by atoms with Crippen molar-refractivity contribution < 1.29 is 49.4 Å². The van der Waals surface area contributed by atoms with Gasteiger partial charge >= 0.3 is 18.5 Å². The smallest absolute Gasteiger partial charge is 0.394 e. The highest BCUT2D eigenvalue weighted by atomic mass is 19.4. The first-order chi connectivity index (χ1) is 13.0. The minimum absolute atomic E-state index is 0.673. The van der Waals surface area contributed by atoms with Crippen molar-refractivity contribution in [2.75, 3.05) is 0 Å². The zero-order chi connectivity index (χ0) is 21.1. The van der Waals surface area contributed by atoms with Gasteiger partial charge in [-0.05, 0) is 23.3 Å². The SMILES string of the molecule is O=C(Oc1cccc(CF)c1C(F)(F)F)Oc1cccc(CF)c1C(F)(F)F. The van der Waals surface area contributed by atoms with Crippen molar-refractivity contribution >= 4 is 6.16 Å². The zero-order valence-corrected chi connectivity index (χ0v) is 13.6. The molecule has 0 aromatic heterocycles. The molecule has 0 amide bonds. The van der Waals surface area contributed by atoms with Crippen molar-refractivity contribution in [2.45, 2.75) is 25.7 Å². The number of rotatable bonds is 4. The molecule has 152 valence electrons. The Morgan fingerprint density at radius 2 is 1.07 bits per heavy atom. The van der Waals surface area contributed by atoms with Gasteiger partial charge in [0.05, 0.1) is 0 Å². The topological polar surface area (TPSA) is 35.5 Å². The van der Waals surface area contributed by atoms with Crippen molar-refractivity contribution in [2.24, 2.45) is 0 Å². The third-order valence-corrected chi connectivity index (χ3v) is 3.47. The van der Waals surface area contributed by atoms with Gasteiger partial charge in [0.15, 0.2) is 0 Å². The molecule has 3 nitrogen and oxygen atoms in total. The van der Waals surface area contributed by atoms with Crippen LogP contribution < -0.4 is 9.47 Å². The number of hydrogen-bond acceptors (Lipinski definition) is 3. The molecule has 0 heterocycles. The number of alkyl halides is 8. The van der Waals surface area contributed by atoms with E-state index in [1.54, 1.807) is 0 Å². The Morgan fingerprint density at radius 3 is 1.36 bits per heavy atom. The van der Waals surface area contributed by atoms with E-state index in [1.807, 2.05) is 0 Å². The molecule has 0 fully saturated rings.